The Hall–Kier alpha value is -2.53. The normalized spacial score (nSPS) is 15.1. The van der Waals surface area contributed by atoms with Crippen molar-refractivity contribution in [3.8, 4) is 0 Å². The Morgan fingerprint density at radius 3 is 1.85 bits per heavy atom. The maximum atomic E-state index is 13.4. The van der Waals surface area contributed by atoms with Gasteiger partial charge < -0.3 is 4.90 Å². The number of nitrogens with zero attached hydrogens (tertiary/aromatic N) is 2. The lowest BCUT2D eigenvalue weighted by Crippen LogP contribution is -2.49. The van der Waals surface area contributed by atoms with Crippen molar-refractivity contribution in [3.05, 3.63) is 83.9 Å². The SMILES string of the molecule is C=CCCC(=O)N1CCN(C(c2ccc(F)cc2)c2ccc(F)cc2)CC1. The first-order valence-corrected chi connectivity index (χ1v) is 9.22. The van der Waals surface area contributed by atoms with Gasteiger partial charge in [0.05, 0.1) is 6.04 Å². The Kier molecular flexibility index (Phi) is 6.35. The summed E-state index contributed by atoms with van der Waals surface area (Å²) < 4.78 is 26.8. The zero-order valence-electron chi connectivity index (χ0n) is 15.3. The Balaban J connectivity index is 1.78. The van der Waals surface area contributed by atoms with Crippen LogP contribution in [0.15, 0.2) is 61.2 Å². The molecule has 0 unspecified atom stereocenters. The predicted molar refractivity (Wildman–Crippen MR) is 102 cm³/mol. The first-order valence-electron chi connectivity index (χ1n) is 9.22. The van der Waals surface area contributed by atoms with Gasteiger partial charge in [0, 0.05) is 32.6 Å². The van der Waals surface area contributed by atoms with Crippen molar-refractivity contribution >= 4 is 5.91 Å². The number of halogens is 2. The molecule has 0 aliphatic carbocycles. The van der Waals surface area contributed by atoms with E-state index >= 15 is 0 Å². The summed E-state index contributed by atoms with van der Waals surface area (Å²) in [4.78, 5) is 16.4. The Morgan fingerprint density at radius 2 is 1.41 bits per heavy atom. The summed E-state index contributed by atoms with van der Waals surface area (Å²) in [5.74, 6) is -0.418. The minimum atomic E-state index is -0.283. The molecule has 0 saturated carbocycles. The van der Waals surface area contributed by atoms with Gasteiger partial charge in [-0.1, -0.05) is 30.3 Å². The number of rotatable bonds is 6. The van der Waals surface area contributed by atoms with Crippen LogP contribution in [0.1, 0.15) is 30.0 Å². The van der Waals surface area contributed by atoms with E-state index in [0.717, 1.165) is 11.1 Å². The molecule has 5 heteroatoms. The Labute approximate surface area is 158 Å². The highest BCUT2D eigenvalue weighted by molar-refractivity contribution is 5.76. The molecule has 1 heterocycles. The molecule has 0 aromatic heterocycles. The molecule has 2 aromatic rings. The van der Waals surface area contributed by atoms with Crippen molar-refractivity contribution in [1.82, 2.24) is 9.80 Å². The predicted octanol–water partition coefficient (Wildman–Crippen LogP) is 4.16. The van der Waals surface area contributed by atoms with Gasteiger partial charge in [-0.3, -0.25) is 9.69 Å². The first-order chi connectivity index (χ1) is 13.1. The van der Waals surface area contributed by atoms with Crippen LogP contribution in [-0.4, -0.2) is 41.9 Å². The molecule has 0 N–H and O–H groups in total. The van der Waals surface area contributed by atoms with Crippen molar-refractivity contribution in [2.45, 2.75) is 18.9 Å². The number of allylic oxidation sites excluding steroid dienone is 1. The summed E-state index contributed by atoms with van der Waals surface area (Å²) in [5.41, 5.74) is 1.91. The lowest BCUT2D eigenvalue weighted by molar-refractivity contribution is -0.133. The maximum absolute atomic E-state index is 13.4. The number of piperazine rings is 1. The second kappa shape index (κ2) is 8.91. The molecule has 0 bridgehead atoms. The number of hydrogen-bond donors (Lipinski definition) is 0. The van der Waals surface area contributed by atoms with Crippen LogP contribution < -0.4 is 0 Å². The topological polar surface area (TPSA) is 23.6 Å². The van der Waals surface area contributed by atoms with E-state index in [2.05, 4.69) is 11.5 Å². The number of carbonyl (C=O) groups excluding carboxylic acids is 1. The van der Waals surface area contributed by atoms with Crippen LogP contribution in [0.3, 0.4) is 0 Å². The van der Waals surface area contributed by atoms with Crippen molar-refractivity contribution in [2.75, 3.05) is 26.2 Å². The molecule has 1 amide bonds. The monoisotopic (exact) mass is 370 g/mol. The van der Waals surface area contributed by atoms with Crippen LogP contribution in [0.2, 0.25) is 0 Å². The lowest BCUT2D eigenvalue weighted by Gasteiger charge is -2.39. The zero-order valence-corrected chi connectivity index (χ0v) is 15.3. The summed E-state index contributed by atoms with van der Waals surface area (Å²) in [6, 6.07) is 12.8. The maximum Gasteiger partial charge on any atom is 0.222 e. The van der Waals surface area contributed by atoms with Gasteiger partial charge >= 0.3 is 0 Å². The molecular weight excluding hydrogens is 346 g/mol. The van der Waals surface area contributed by atoms with Gasteiger partial charge in [-0.15, -0.1) is 6.58 Å². The van der Waals surface area contributed by atoms with Gasteiger partial charge in [-0.05, 0) is 41.8 Å². The molecule has 3 nitrogen and oxygen atoms in total. The highest BCUT2D eigenvalue weighted by Gasteiger charge is 2.28. The summed E-state index contributed by atoms with van der Waals surface area (Å²) in [6.45, 7) is 6.37. The molecule has 1 aliphatic heterocycles. The second-order valence-electron chi connectivity index (χ2n) is 6.75. The van der Waals surface area contributed by atoms with Crippen LogP contribution >= 0.6 is 0 Å². The van der Waals surface area contributed by atoms with E-state index in [1.807, 2.05) is 4.90 Å². The first kappa shape index (κ1) is 19.2. The van der Waals surface area contributed by atoms with Crippen LogP contribution in [-0.2, 0) is 4.79 Å². The molecule has 0 spiro atoms. The van der Waals surface area contributed by atoms with Crippen LogP contribution in [0.5, 0.6) is 0 Å². The summed E-state index contributed by atoms with van der Waals surface area (Å²) in [7, 11) is 0. The van der Waals surface area contributed by atoms with Gasteiger partial charge in [0.15, 0.2) is 0 Å². The summed E-state index contributed by atoms with van der Waals surface area (Å²) >= 11 is 0. The minimum absolute atomic E-state index is 0.100. The van der Waals surface area contributed by atoms with E-state index in [-0.39, 0.29) is 23.6 Å². The molecule has 142 valence electrons. The third-order valence-electron chi connectivity index (χ3n) is 4.97. The minimum Gasteiger partial charge on any atom is -0.340 e. The number of hydrogen-bond acceptors (Lipinski definition) is 2. The standard InChI is InChI=1S/C22H24F2N2O/c1-2-3-4-21(27)25-13-15-26(16-14-25)22(17-5-9-19(23)10-6-17)18-7-11-20(24)12-8-18/h2,5-12,22H,1,3-4,13-16H2. The van der Waals surface area contributed by atoms with Gasteiger partial charge in [0.2, 0.25) is 5.91 Å². The quantitative estimate of drug-likeness (QED) is 0.713. The average Bonchev–Trinajstić information content (AvgIpc) is 2.70. The molecule has 27 heavy (non-hydrogen) atoms. The second-order valence-corrected chi connectivity index (χ2v) is 6.75. The van der Waals surface area contributed by atoms with E-state index in [4.69, 9.17) is 0 Å². The molecule has 3 rings (SSSR count). The van der Waals surface area contributed by atoms with Gasteiger partial charge in [-0.25, -0.2) is 8.78 Å². The van der Waals surface area contributed by atoms with Gasteiger partial charge in [-0.2, -0.15) is 0 Å². The smallest absolute Gasteiger partial charge is 0.222 e. The van der Waals surface area contributed by atoms with Gasteiger partial charge in [0.1, 0.15) is 11.6 Å². The van der Waals surface area contributed by atoms with Crippen LogP contribution in [0.4, 0.5) is 8.78 Å². The van der Waals surface area contributed by atoms with Crippen molar-refractivity contribution in [3.63, 3.8) is 0 Å². The fraction of sp³-hybridized carbons (Fsp3) is 0.318. The van der Waals surface area contributed by atoms with E-state index < -0.39 is 0 Å². The highest BCUT2D eigenvalue weighted by atomic mass is 19.1. The van der Waals surface area contributed by atoms with Crippen LogP contribution in [0.25, 0.3) is 0 Å². The number of amides is 1. The van der Waals surface area contributed by atoms with E-state index in [0.29, 0.717) is 39.0 Å². The number of carbonyl (C=O) groups is 1. The highest BCUT2D eigenvalue weighted by Crippen LogP contribution is 2.30. The Bertz CT molecular complexity index is 720. The number of benzene rings is 2. The van der Waals surface area contributed by atoms with Crippen LogP contribution in [0, 0.1) is 11.6 Å². The summed E-state index contributed by atoms with van der Waals surface area (Å²) in [5, 5.41) is 0. The zero-order chi connectivity index (χ0) is 19.2. The van der Waals surface area contributed by atoms with Crippen molar-refractivity contribution < 1.29 is 13.6 Å². The van der Waals surface area contributed by atoms with E-state index in [9.17, 15) is 13.6 Å². The molecule has 2 aromatic carbocycles. The fourth-order valence-electron chi connectivity index (χ4n) is 3.52. The van der Waals surface area contributed by atoms with E-state index in [1.54, 1.807) is 30.3 Å². The fourth-order valence-corrected chi connectivity index (χ4v) is 3.52. The molecule has 0 atom stereocenters. The summed E-state index contributed by atoms with van der Waals surface area (Å²) in [6.07, 6.45) is 2.93. The lowest BCUT2D eigenvalue weighted by atomic mass is 9.96. The molecule has 1 fully saturated rings. The van der Waals surface area contributed by atoms with Gasteiger partial charge in [0.25, 0.3) is 0 Å². The largest absolute Gasteiger partial charge is 0.340 e. The van der Waals surface area contributed by atoms with E-state index in [1.165, 1.54) is 24.3 Å². The molecule has 1 aliphatic rings. The average molecular weight is 370 g/mol. The third-order valence-corrected chi connectivity index (χ3v) is 4.97. The molecule has 0 radical (unpaired) electrons. The van der Waals surface area contributed by atoms with Crippen molar-refractivity contribution in [2.24, 2.45) is 0 Å². The van der Waals surface area contributed by atoms with Crippen molar-refractivity contribution in [1.29, 1.82) is 0 Å². The Morgan fingerprint density at radius 1 is 0.926 bits per heavy atom. The molecular formula is C22H24F2N2O. The molecule has 1 saturated heterocycles. The third kappa shape index (κ3) is 4.80.